The maximum atomic E-state index is 14.1. The largest absolute Gasteiger partial charge is 0.435 e. The number of nitrogens with zero attached hydrogens (tertiary/aromatic N) is 4. The molecule has 1 aromatic heterocycles. The lowest BCUT2D eigenvalue weighted by Crippen LogP contribution is -2.50. The van der Waals surface area contributed by atoms with Crippen molar-refractivity contribution >= 4 is 11.3 Å². The van der Waals surface area contributed by atoms with Crippen LogP contribution in [0.5, 0.6) is 0 Å². The summed E-state index contributed by atoms with van der Waals surface area (Å²) in [6.07, 6.45) is -11.3. The van der Waals surface area contributed by atoms with Gasteiger partial charge in [0.2, 0.25) is 5.82 Å². The molecule has 0 spiro atoms. The number of halogens is 7. The molecule has 6 nitrogen and oxygen atoms in total. The van der Waals surface area contributed by atoms with Crippen molar-refractivity contribution in [3.8, 4) is 6.07 Å². The molecule has 0 aliphatic heterocycles. The smallest absolute Gasteiger partial charge is 0.360 e. The van der Waals surface area contributed by atoms with Crippen LogP contribution in [0.4, 0.5) is 36.4 Å². The Labute approximate surface area is 146 Å². The number of hydrogen-bond acceptors (Lipinski definition) is 5. The molecule has 0 radical (unpaired) electrons. The number of benzene rings is 1. The molecule has 0 amide bonds. The van der Waals surface area contributed by atoms with E-state index < -0.39 is 23.6 Å². The number of tetrazole rings is 1. The van der Waals surface area contributed by atoms with Crippen LogP contribution in [0.2, 0.25) is 0 Å². The van der Waals surface area contributed by atoms with Crippen molar-refractivity contribution in [2.75, 3.05) is 5.32 Å². The van der Waals surface area contributed by atoms with Gasteiger partial charge in [-0.2, -0.15) is 36.8 Å². The van der Waals surface area contributed by atoms with Gasteiger partial charge in [0.1, 0.15) is 11.6 Å². The van der Waals surface area contributed by atoms with Gasteiger partial charge in [-0.15, -0.1) is 10.2 Å². The van der Waals surface area contributed by atoms with E-state index in [1.54, 1.807) is 6.07 Å². The number of allylic oxidation sites excluding steroid dienone is 1. The fourth-order valence-electron chi connectivity index (χ4n) is 2.10. The number of aromatic amines is 1. The van der Waals surface area contributed by atoms with Gasteiger partial charge in [-0.25, -0.2) is 4.39 Å². The van der Waals surface area contributed by atoms with E-state index >= 15 is 0 Å². The second-order valence-electron chi connectivity index (χ2n) is 5.23. The lowest BCUT2D eigenvalue weighted by molar-refractivity contribution is -0.348. The quantitative estimate of drug-likeness (QED) is 0.609. The second-order valence-corrected chi connectivity index (χ2v) is 5.23. The molecular formula is C14H9F7N6. The highest BCUT2D eigenvalue weighted by atomic mass is 19.4. The van der Waals surface area contributed by atoms with E-state index in [4.69, 9.17) is 5.26 Å². The van der Waals surface area contributed by atoms with Gasteiger partial charge in [-0.1, -0.05) is 12.1 Å². The highest BCUT2D eigenvalue weighted by Gasteiger charge is 2.73. The molecule has 0 aliphatic rings. The lowest BCUT2D eigenvalue weighted by Gasteiger charge is -2.30. The van der Waals surface area contributed by atoms with E-state index in [9.17, 15) is 30.7 Å². The van der Waals surface area contributed by atoms with Gasteiger partial charge in [0.25, 0.3) is 0 Å². The molecule has 2 aromatic rings. The summed E-state index contributed by atoms with van der Waals surface area (Å²) < 4.78 is 90.8. The van der Waals surface area contributed by atoms with Gasteiger partial charge >= 0.3 is 18.0 Å². The monoisotopic (exact) mass is 394 g/mol. The number of nitriles is 1. The maximum Gasteiger partial charge on any atom is 0.435 e. The van der Waals surface area contributed by atoms with Crippen LogP contribution in [0.15, 0.2) is 24.4 Å². The minimum atomic E-state index is -6.20. The first-order chi connectivity index (χ1) is 12.4. The van der Waals surface area contributed by atoms with Crippen molar-refractivity contribution in [3.63, 3.8) is 0 Å². The normalized spacial score (nSPS) is 13.4. The number of hydrogen-bond donors (Lipinski definition) is 2. The Morgan fingerprint density at radius 3 is 2.22 bits per heavy atom. The molecule has 0 unspecified atom stereocenters. The third-order valence-electron chi connectivity index (χ3n) is 3.48. The first-order valence-corrected chi connectivity index (χ1v) is 6.96. The van der Waals surface area contributed by atoms with Crippen LogP contribution in [0.3, 0.4) is 0 Å². The van der Waals surface area contributed by atoms with Crippen LogP contribution >= 0.6 is 0 Å². The predicted molar refractivity (Wildman–Crippen MR) is 77.5 cm³/mol. The first-order valence-electron chi connectivity index (χ1n) is 6.96. The maximum absolute atomic E-state index is 14.1. The zero-order valence-electron chi connectivity index (χ0n) is 13.2. The van der Waals surface area contributed by atoms with Crippen LogP contribution in [0.25, 0.3) is 5.57 Å². The Morgan fingerprint density at radius 1 is 1.15 bits per heavy atom. The van der Waals surface area contributed by atoms with Gasteiger partial charge in [0.05, 0.1) is 0 Å². The summed E-state index contributed by atoms with van der Waals surface area (Å²) in [5, 5.41) is 23.9. The molecule has 0 aliphatic carbocycles. The number of H-pyrrole nitrogens is 1. The predicted octanol–water partition coefficient (Wildman–Crippen LogP) is 3.77. The van der Waals surface area contributed by atoms with E-state index in [1.807, 2.05) is 0 Å². The van der Waals surface area contributed by atoms with Crippen LogP contribution in [0.1, 0.15) is 17.0 Å². The summed E-state index contributed by atoms with van der Waals surface area (Å²) >= 11 is 0. The van der Waals surface area contributed by atoms with Crippen molar-refractivity contribution in [1.29, 1.82) is 5.26 Å². The van der Waals surface area contributed by atoms with Crippen LogP contribution in [-0.4, -0.2) is 33.0 Å². The van der Waals surface area contributed by atoms with Crippen molar-refractivity contribution in [2.45, 2.75) is 24.9 Å². The molecule has 0 saturated carbocycles. The standard InChI is InChI=1S/C14H9F7N6/c1-7-4-9(12(15,13(16,17)18)14(19,20)21)2-3-10(7)23-6-8(5-22)11-24-26-27-25-11/h2-4,6,23H,1H3,(H,24,25,26,27). The van der Waals surface area contributed by atoms with Crippen LogP contribution in [0, 0.1) is 18.3 Å². The molecule has 0 bridgehead atoms. The summed E-state index contributed by atoms with van der Waals surface area (Å²) in [7, 11) is 0. The Bertz CT molecular complexity index is 863. The molecule has 0 saturated heterocycles. The minimum Gasteiger partial charge on any atom is -0.360 e. The molecule has 2 N–H and O–H groups in total. The van der Waals surface area contributed by atoms with E-state index in [-0.39, 0.29) is 22.6 Å². The third-order valence-corrected chi connectivity index (χ3v) is 3.48. The van der Waals surface area contributed by atoms with Gasteiger partial charge < -0.3 is 5.32 Å². The number of aryl methyl sites for hydroxylation is 1. The fourth-order valence-corrected chi connectivity index (χ4v) is 2.10. The van der Waals surface area contributed by atoms with Crippen molar-refractivity contribution in [1.82, 2.24) is 20.6 Å². The first kappa shape index (κ1) is 20.1. The van der Waals surface area contributed by atoms with Crippen LogP contribution in [-0.2, 0) is 5.67 Å². The third kappa shape index (κ3) is 3.69. The zero-order valence-corrected chi connectivity index (χ0v) is 13.2. The Hall–Kier alpha value is -3.17. The van der Waals surface area contributed by atoms with Crippen LogP contribution < -0.4 is 5.32 Å². The van der Waals surface area contributed by atoms with Gasteiger partial charge in [-0.3, -0.25) is 0 Å². The van der Waals surface area contributed by atoms with E-state index in [0.717, 1.165) is 12.3 Å². The molecule has 1 heterocycles. The number of nitrogens with one attached hydrogen (secondary N) is 2. The molecule has 0 atom stereocenters. The van der Waals surface area contributed by atoms with Gasteiger partial charge in [0.15, 0.2) is 0 Å². The lowest BCUT2D eigenvalue weighted by atomic mass is 9.92. The highest BCUT2D eigenvalue weighted by molar-refractivity contribution is 5.74. The Kier molecular flexibility index (Phi) is 5.12. The number of anilines is 1. The van der Waals surface area contributed by atoms with E-state index in [0.29, 0.717) is 12.1 Å². The summed E-state index contributed by atoms with van der Waals surface area (Å²) in [6.45, 7) is 1.17. The molecule has 2 rings (SSSR count). The SMILES string of the molecule is Cc1cc(C(F)(C(F)(F)F)C(F)(F)F)ccc1NC=C(C#N)c1nn[nH]n1. The molecule has 144 valence electrons. The van der Waals surface area contributed by atoms with Gasteiger partial charge in [0, 0.05) is 17.5 Å². The summed E-state index contributed by atoms with van der Waals surface area (Å²) in [5.41, 5.74) is -7.31. The summed E-state index contributed by atoms with van der Waals surface area (Å²) in [4.78, 5) is 0. The van der Waals surface area contributed by atoms with E-state index in [2.05, 4.69) is 25.9 Å². The van der Waals surface area contributed by atoms with Crippen molar-refractivity contribution in [3.05, 3.63) is 41.4 Å². The molecular weight excluding hydrogens is 385 g/mol. The molecule has 27 heavy (non-hydrogen) atoms. The topological polar surface area (TPSA) is 90.3 Å². The fraction of sp³-hybridized carbons (Fsp3) is 0.286. The number of rotatable bonds is 4. The van der Waals surface area contributed by atoms with Crippen molar-refractivity contribution < 1.29 is 30.7 Å². The average molecular weight is 394 g/mol. The second kappa shape index (κ2) is 6.86. The highest BCUT2D eigenvalue weighted by Crippen LogP contribution is 2.53. The van der Waals surface area contributed by atoms with E-state index in [1.165, 1.54) is 6.92 Å². The Balaban J connectivity index is 2.39. The molecule has 0 fully saturated rings. The zero-order chi connectivity index (χ0) is 20.5. The number of alkyl halides is 7. The van der Waals surface area contributed by atoms with Crippen molar-refractivity contribution in [2.24, 2.45) is 0 Å². The average Bonchev–Trinajstić information content (AvgIpc) is 3.08. The Morgan fingerprint density at radius 2 is 1.78 bits per heavy atom. The number of aromatic nitrogens is 4. The summed E-state index contributed by atoms with van der Waals surface area (Å²) in [5.74, 6) is -0.0869. The van der Waals surface area contributed by atoms with Gasteiger partial charge in [-0.05, 0) is 23.8 Å². The molecule has 1 aromatic carbocycles. The summed E-state index contributed by atoms with van der Waals surface area (Å²) in [6, 6.07) is 3.35. The minimum absolute atomic E-state index is 0.0432. The molecule has 13 heteroatoms.